The van der Waals surface area contributed by atoms with Gasteiger partial charge >= 0.3 is 0 Å². The highest BCUT2D eigenvalue weighted by atomic mass is 16.5. The summed E-state index contributed by atoms with van der Waals surface area (Å²) in [6.45, 7) is 5.00. The van der Waals surface area contributed by atoms with E-state index in [9.17, 15) is 9.90 Å². The van der Waals surface area contributed by atoms with E-state index in [4.69, 9.17) is 4.74 Å². The molecule has 3 atom stereocenters. The fourth-order valence-corrected chi connectivity index (χ4v) is 2.97. The van der Waals surface area contributed by atoms with Gasteiger partial charge in [-0.3, -0.25) is 4.79 Å². The van der Waals surface area contributed by atoms with Crippen molar-refractivity contribution in [2.45, 2.75) is 63.8 Å². The first-order valence-electron chi connectivity index (χ1n) is 7.41. The Morgan fingerprint density at radius 2 is 2.05 bits per heavy atom. The minimum absolute atomic E-state index is 0.0339. The first-order valence-corrected chi connectivity index (χ1v) is 7.41. The third-order valence-electron chi connectivity index (χ3n) is 4.03. The molecule has 0 aromatic heterocycles. The molecular weight excluding hydrogens is 244 g/mol. The Labute approximate surface area is 115 Å². The SMILES string of the molecule is CC(C)NC1COC(CNC(=O)C2CCCC2)C1O. The number of hydrogen-bond donors (Lipinski definition) is 3. The molecule has 0 aromatic rings. The molecule has 3 N–H and O–H groups in total. The highest BCUT2D eigenvalue weighted by molar-refractivity contribution is 5.78. The molecule has 2 fully saturated rings. The van der Waals surface area contributed by atoms with Gasteiger partial charge in [0.25, 0.3) is 0 Å². The first kappa shape index (κ1) is 14.8. The third kappa shape index (κ3) is 3.91. The molecule has 0 bridgehead atoms. The fourth-order valence-electron chi connectivity index (χ4n) is 2.97. The highest BCUT2D eigenvalue weighted by Crippen LogP contribution is 2.24. The van der Waals surface area contributed by atoms with Crippen LogP contribution in [-0.2, 0) is 9.53 Å². The summed E-state index contributed by atoms with van der Waals surface area (Å²) in [5, 5.41) is 16.3. The fraction of sp³-hybridized carbons (Fsp3) is 0.929. The Bertz CT molecular complexity index is 303. The summed E-state index contributed by atoms with van der Waals surface area (Å²) in [5.74, 6) is 0.289. The molecule has 19 heavy (non-hydrogen) atoms. The van der Waals surface area contributed by atoms with Crippen LogP contribution < -0.4 is 10.6 Å². The topological polar surface area (TPSA) is 70.6 Å². The van der Waals surface area contributed by atoms with Gasteiger partial charge in [-0.15, -0.1) is 0 Å². The van der Waals surface area contributed by atoms with Gasteiger partial charge in [-0.25, -0.2) is 0 Å². The number of carbonyl (C=O) groups is 1. The Balaban J connectivity index is 1.73. The molecule has 5 heteroatoms. The van der Waals surface area contributed by atoms with Crippen LogP contribution in [0.4, 0.5) is 0 Å². The number of amides is 1. The average molecular weight is 270 g/mol. The van der Waals surface area contributed by atoms with Crippen molar-refractivity contribution in [2.24, 2.45) is 5.92 Å². The van der Waals surface area contributed by atoms with Crippen LogP contribution in [0.1, 0.15) is 39.5 Å². The number of aliphatic hydroxyl groups is 1. The third-order valence-corrected chi connectivity index (χ3v) is 4.03. The standard InChI is InChI=1S/C14H26N2O3/c1-9(2)16-11-8-19-12(13(11)17)7-15-14(18)10-5-3-4-6-10/h9-13,16-17H,3-8H2,1-2H3,(H,15,18). The van der Waals surface area contributed by atoms with Gasteiger partial charge in [0.05, 0.1) is 18.8 Å². The predicted molar refractivity (Wildman–Crippen MR) is 72.8 cm³/mol. The second-order valence-corrected chi connectivity index (χ2v) is 6.02. The number of rotatable bonds is 5. The number of aliphatic hydroxyl groups excluding tert-OH is 1. The second kappa shape index (κ2) is 6.68. The molecule has 0 radical (unpaired) electrons. The van der Waals surface area contributed by atoms with Crippen molar-refractivity contribution in [1.29, 1.82) is 0 Å². The first-order chi connectivity index (χ1) is 9.08. The summed E-state index contributed by atoms with van der Waals surface area (Å²) in [4.78, 5) is 11.9. The van der Waals surface area contributed by atoms with E-state index in [0.29, 0.717) is 19.2 Å². The molecule has 1 aliphatic carbocycles. The summed E-state index contributed by atoms with van der Waals surface area (Å²) in [7, 11) is 0. The highest BCUT2D eigenvalue weighted by Gasteiger charge is 2.36. The Morgan fingerprint density at radius 3 is 2.68 bits per heavy atom. The molecule has 0 spiro atoms. The molecule has 2 aliphatic rings. The number of ether oxygens (including phenoxy) is 1. The predicted octanol–water partition coefficient (Wildman–Crippen LogP) is 0.419. The van der Waals surface area contributed by atoms with E-state index in [-0.39, 0.29) is 24.0 Å². The van der Waals surface area contributed by atoms with E-state index in [2.05, 4.69) is 10.6 Å². The smallest absolute Gasteiger partial charge is 0.223 e. The lowest BCUT2D eigenvalue weighted by atomic mass is 10.1. The van der Waals surface area contributed by atoms with Gasteiger partial charge in [0.1, 0.15) is 6.10 Å². The molecule has 1 aliphatic heterocycles. The Morgan fingerprint density at radius 1 is 1.37 bits per heavy atom. The van der Waals surface area contributed by atoms with E-state index in [0.717, 1.165) is 25.7 Å². The van der Waals surface area contributed by atoms with Gasteiger partial charge in [0, 0.05) is 18.5 Å². The Kier molecular flexibility index (Phi) is 5.19. The zero-order chi connectivity index (χ0) is 13.8. The summed E-state index contributed by atoms with van der Waals surface area (Å²) in [6.07, 6.45) is 3.46. The van der Waals surface area contributed by atoms with Gasteiger partial charge < -0.3 is 20.5 Å². The number of nitrogens with one attached hydrogen (secondary N) is 2. The molecule has 1 heterocycles. The van der Waals surface area contributed by atoms with Gasteiger partial charge in [0.15, 0.2) is 0 Å². The van der Waals surface area contributed by atoms with Crippen LogP contribution in [0.25, 0.3) is 0 Å². The van der Waals surface area contributed by atoms with Gasteiger partial charge in [-0.05, 0) is 12.8 Å². The maximum Gasteiger partial charge on any atom is 0.223 e. The van der Waals surface area contributed by atoms with E-state index < -0.39 is 6.10 Å². The van der Waals surface area contributed by atoms with Crippen LogP contribution >= 0.6 is 0 Å². The molecule has 0 aromatic carbocycles. The largest absolute Gasteiger partial charge is 0.389 e. The van der Waals surface area contributed by atoms with E-state index in [1.807, 2.05) is 13.8 Å². The van der Waals surface area contributed by atoms with Crippen LogP contribution in [0.15, 0.2) is 0 Å². The minimum atomic E-state index is -0.550. The average Bonchev–Trinajstić information content (AvgIpc) is 2.98. The maximum atomic E-state index is 11.9. The normalized spacial score (nSPS) is 32.1. The van der Waals surface area contributed by atoms with Crippen molar-refractivity contribution in [3.63, 3.8) is 0 Å². The molecule has 1 saturated carbocycles. The summed E-state index contributed by atoms with van der Waals surface area (Å²) < 4.78 is 5.56. The van der Waals surface area contributed by atoms with E-state index in [1.54, 1.807) is 0 Å². The lowest BCUT2D eigenvalue weighted by Crippen LogP contribution is -2.47. The zero-order valence-electron chi connectivity index (χ0n) is 11.9. The molecule has 2 rings (SSSR count). The van der Waals surface area contributed by atoms with Gasteiger partial charge in [-0.2, -0.15) is 0 Å². The van der Waals surface area contributed by atoms with Crippen LogP contribution in [0, 0.1) is 5.92 Å². The monoisotopic (exact) mass is 270 g/mol. The zero-order valence-corrected chi connectivity index (χ0v) is 11.9. The van der Waals surface area contributed by atoms with Crippen LogP contribution in [-0.4, -0.2) is 48.5 Å². The van der Waals surface area contributed by atoms with Crippen molar-refractivity contribution in [2.75, 3.05) is 13.2 Å². The Hall–Kier alpha value is -0.650. The minimum Gasteiger partial charge on any atom is -0.389 e. The number of carbonyl (C=O) groups excluding carboxylic acids is 1. The van der Waals surface area contributed by atoms with Crippen molar-refractivity contribution in [3.05, 3.63) is 0 Å². The lowest BCUT2D eigenvalue weighted by Gasteiger charge is -2.21. The molecular formula is C14H26N2O3. The van der Waals surface area contributed by atoms with Gasteiger partial charge in [-0.1, -0.05) is 26.7 Å². The second-order valence-electron chi connectivity index (χ2n) is 6.02. The molecule has 1 saturated heterocycles. The van der Waals surface area contributed by atoms with Crippen molar-refractivity contribution < 1.29 is 14.6 Å². The molecule has 5 nitrogen and oxygen atoms in total. The van der Waals surface area contributed by atoms with Gasteiger partial charge in [0.2, 0.25) is 5.91 Å². The lowest BCUT2D eigenvalue weighted by molar-refractivity contribution is -0.125. The van der Waals surface area contributed by atoms with Crippen molar-refractivity contribution in [1.82, 2.24) is 10.6 Å². The molecule has 110 valence electrons. The van der Waals surface area contributed by atoms with Crippen molar-refractivity contribution >= 4 is 5.91 Å². The van der Waals surface area contributed by atoms with Crippen LogP contribution in [0.5, 0.6) is 0 Å². The van der Waals surface area contributed by atoms with Crippen LogP contribution in [0.3, 0.4) is 0 Å². The quantitative estimate of drug-likeness (QED) is 0.677. The van der Waals surface area contributed by atoms with E-state index in [1.165, 1.54) is 0 Å². The maximum absolute atomic E-state index is 11.9. The molecule has 3 unspecified atom stereocenters. The van der Waals surface area contributed by atoms with E-state index >= 15 is 0 Å². The summed E-state index contributed by atoms with van der Waals surface area (Å²) >= 11 is 0. The molecule has 1 amide bonds. The van der Waals surface area contributed by atoms with Crippen molar-refractivity contribution in [3.8, 4) is 0 Å². The summed E-state index contributed by atoms with van der Waals surface area (Å²) in [5.41, 5.74) is 0. The van der Waals surface area contributed by atoms with Crippen LogP contribution in [0.2, 0.25) is 0 Å². The number of hydrogen-bond acceptors (Lipinski definition) is 4. The summed E-state index contributed by atoms with van der Waals surface area (Å²) in [6, 6.07) is 0.281.